The number of aromatic nitrogens is 2. The third-order valence-electron chi connectivity index (χ3n) is 4.13. The van der Waals surface area contributed by atoms with Crippen molar-refractivity contribution in [3.8, 4) is 17.0 Å². The lowest BCUT2D eigenvalue weighted by Gasteiger charge is -2.34. The van der Waals surface area contributed by atoms with Gasteiger partial charge in [-0.25, -0.2) is 4.68 Å². The summed E-state index contributed by atoms with van der Waals surface area (Å²) in [6.07, 6.45) is 4.31. The number of amides is 1. The molecule has 1 aliphatic rings. The highest BCUT2D eigenvalue weighted by molar-refractivity contribution is 5.92. The number of hydrogen-bond donors (Lipinski definition) is 0. The molecule has 0 N–H and O–H groups in total. The van der Waals surface area contributed by atoms with E-state index in [1.165, 1.54) is 0 Å². The minimum atomic E-state index is -0.179. The standard InChI is InChI=1S/C18H17N3O3/c1-20(17-9-10-23-17)18(22)16-8-7-15(24-16)13-11-19-21(12-13)14-5-3-2-4-6-14/h2-8,11-12,17H,9-10H2,1H3. The molecule has 6 nitrogen and oxygen atoms in total. The topological polar surface area (TPSA) is 60.5 Å². The van der Waals surface area contributed by atoms with Crippen molar-refractivity contribution in [1.29, 1.82) is 0 Å². The van der Waals surface area contributed by atoms with Gasteiger partial charge in [-0.15, -0.1) is 0 Å². The Hall–Kier alpha value is -2.86. The van der Waals surface area contributed by atoms with E-state index in [-0.39, 0.29) is 12.1 Å². The summed E-state index contributed by atoms with van der Waals surface area (Å²) in [5.74, 6) is 0.736. The molecule has 3 heterocycles. The molecule has 1 aliphatic heterocycles. The Morgan fingerprint density at radius 3 is 2.75 bits per heavy atom. The summed E-state index contributed by atoms with van der Waals surface area (Å²) in [6.45, 7) is 0.699. The van der Waals surface area contributed by atoms with Crippen molar-refractivity contribution in [2.24, 2.45) is 0 Å². The van der Waals surface area contributed by atoms with Gasteiger partial charge >= 0.3 is 0 Å². The Balaban J connectivity index is 1.55. The van der Waals surface area contributed by atoms with Gasteiger partial charge in [0.1, 0.15) is 12.0 Å². The first-order chi connectivity index (χ1) is 11.7. The smallest absolute Gasteiger partial charge is 0.291 e. The van der Waals surface area contributed by atoms with E-state index in [0.29, 0.717) is 18.1 Å². The number of hydrogen-bond acceptors (Lipinski definition) is 4. The van der Waals surface area contributed by atoms with Crippen molar-refractivity contribution in [2.75, 3.05) is 13.7 Å². The van der Waals surface area contributed by atoms with Crippen LogP contribution in [0.15, 0.2) is 59.3 Å². The number of carbonyl (C=O) groups excluding carboxylic acids is 1. The summed E-state index contributed by atoms with van der Waals surface area (Å²) in [6, 6.07) is 13.3. The summed E-state index contributed by atoms with van der Waals surface area (Å²) < 4.78 is 12.8. The highest BCUT2D eigenvalue weighted by atomic mass is 16.5. The van der Waals surface area contributed by atoms with Crippen LogP contribution in [0.4, 0.5) is 0 Å². The molecule has 1 fully saturated rings. The third-order valence-corrected chi connectivity index (χ3v) is 4.13. The zero-order valence-electron chi connectivity index (χ0n) is 13.3. The van der Waals surface area contributed by atoms with Gasteiger partial charge in [-0.2, -0.15) is 5.10 Å². The first-order valence-electron chi connectivity index (χ1n) is 7.81. The van der Waals surface area contributed by atoms with Gasteiger partial charge in [0.25, 0.3) is 5.91 Å². The van der Waals surface area contributed by atoms with Gasteiger partial charge in [0.05, 0.1) is 24.1 Å². The van der Waals surface area contributed by atoms with Crippen LogP contribution in [0, 0.1) is 0 Å². The molecule has 0 aliphatic carbocycles. The lowest BCUT2D eigenvalue weighted by Crippen LogP contribution is -2.45. The van der Waals surface area contributed by atoms with Crippen LogP contribution in [-0.2, 0) is 4.74 Å². The largest absolute Gasteiger partial charge is 0.451 e. The molecule has 1 atom stereocenters. The molecule has 24 heavy (non-hydrogen) atoms. The van der Waals surface area contributed by atoms with Crippen LogP contribution in [0.1, 0.15) is 17.0 Å². The normalized spacial score (nSPS) is 16.6. The molecule has 1 aromatic carbocycles. The Kier molecular flexibility index (Phi) is 3.66. The van der Waals surface area contributed by atoms with Crippen LogP contribution in [0.25, 0.3) is 17.0 Å². The zero-order valence-corrected chi connectivity index (χ0v) is 13.3. The molecule has 1 saturated heterocycles. The van der Waals surface area contributed by atoms with Crippen LogP contribution >= 0.6 is 0 Å². The van der Waals surface area contributed by atoms with Gasteiger partial charge in [0.2, 0.25) is 0 Å². The molecule has 1 amide bonds. The Labute approximate surface area is 139 Å². The molecule has 2 aromatic heterocycles. The fraction of sp³-hybridized carbons (Fsp3) is 0.222. The maximum Gasteiger partial charge on any atom is 0.291 e. The molecule has 6 heteroatoms. The van der Waals surface area contributed by atoms with E-state index in [2.05, 4.69) is 5.10 Å². The minimum Gasteiger partial charge on any atom is -0.451 e. The van der Waals surface area contributed by atoms with Gasteiger partial charge < -0.3 is 14.1 Å². The predicted octanol–water partition coefficient (Wildman–Crippen LogP) is 2.95. The van der Waals surface area contributed by atoms with E-state index in [1.807, 2.05) is 36.5 Å². The summed E-state index contributed by atoms with van der Waals surface area (Å²) >= 11 is 0. The first-order valence-corrected chi connectivity index (χ1v) is 7.81. The molecule has 0 radical (unpaired) electrons. The summed E-state index contributed by atoms with van der Waals surface area (Å²) in [5, 5.41) is 4.34. The zero-order chi connectivity index (χ0) is 16.5. The van der Waals surface area contributed by atoms with Crippen LogP contribution in [0.5, 0.6) is 0 Å². The average molecular weight is 323 g/mol. The van der Waals surface area contributed by atoms with E-state index in [1.54, 1.807) is 35.0 Å². The SMILES string of the molecule is CN(C(=O)c1ccc(-c2cnn(-c3ccccc3)c2)o1)C1CCO1. The predicted molar refractivity (Wildman–Crippen MR) is 87.7 cm³/mol. The molecule has 0 bridgehead atoms. The van der Waals surface area contributed by atoms with Gasteiger partial charge in [0, 0.05) is 19.7 Å². The highest BCUT2D eigenvalue weighted by Crippen LogP contribution is 2.25. The van der Waals surface area contributed by atoms with Crippen LogP contribution in [0.3, 0.4) is 0 Å². The Morgan fingerprint density at radius 2 is 2.04 bits per heavy atom. The van der Waals surface area contributed by atoms with E-state index in [9.17, 15) is 4.79 Å². The number of benzene rings is 1. The second kappa shape index (κ2) is 5.98. The van der Waals surface area contributed by atoms with E-state index >= 15 is 0 Å². The average Bonchev–Trinajstić information content (AvgIpc) is 3.22. The number of furan rings is 1. The quantitative estimate of drug-likeness (QED) is 0.740. The second-order valence-corrected chi connectivity index (χ2v) is 5.70. The van der Waals surface area contributed by atoms with Gasteiger partial charge in [-0.3, -0.25) is 4.79 Å². The van der Waals surface area contributed by atoms with Crippen molar-refractivity contribution in [2.45, 2.75) is 12.6 Å². The summed E-state index contributed by atoms with van der Waals surface area (Å²) in [5.41, 5.74) is 1.79. The molecule has 122 valence electrons. The van der Waals surface area contributed by atoms with Crippen molar-refractivity contribution in [3.05, 3.63) is 60.6 Å². The van der Waals surface area contributed by atoms with Crippen LogP contribution in [-0.4, -0.2) is 40.5 Å². The number of rotatable bonds is 4. The van der Waals surface area contributed by atoms with Crippen molar-refractivity contribution in [1.82, 2.24) is 14.7 Å². The second-order valence-electron chi connectivity index (χ2n) is 5.70. The lowest BCUT2D eigenvalue weighted by atomic mass is 10.2. The number of ether oxygens (including phenoxy) is 1. The van der Waals surface area contributed by atoms with Gasteiger partial charge in [0.15, 0.2) is 5.76 Å². The third kappa shape index (κ3) is 2.61. The number of para-hydroxylation sites is 1. The summed E-state index contributed by atoms with van der Waals surface area (Å²) in [4.78, 5) is 14.0. The molecular weight excluding hydrogens is 306 g/mol. The summed E-state index contributed by atoms with van der Waals surface area (Å²) in [7, 11) is 1.72. The lowest BCUT2D eigenvalue weighted by molar-refractivity contribution is -0.120. The molecule has 3 aromatic rings. The number of nitrogens with zero attached hydrogens (tertiary/aromatic N) is 3. The number of carbonyl (C=O) groups is 1. The molecule has 0 saturated carbocycles. The van der Waals surface area contributed by atoms with E-state index < -0.39 is 0 Å². The van der Waals surface area contributed by atoms with Crippen LogP contribution in [0.2, 0.25) is 0 Å². The van der Waals surface area contributed by atoms with E-state index in [4.69, 9.17) is 9.15 Å². The molecule has 1 unspecified atom stereocenters. The van der Waals surface area contributed by atoms with Gasteiger partial charge in [-0.05, 0) is 24.3 Å². The van der Waals surface area contributed by atoms with Crippen molar-refractivity contribution >= 4 is 5.91 Å². The van der Waals surface area contributed by atoms with E-state index in [0.717, 1.165) is 17.7 Å². The fourth-order valence-electron chi connectivity index (χ4n) is 2.61. The van der Waals surface area contributed by atoms with Crippen LogP contribution < -0.4 is 0 Å². The molecule has 4 rings (SSSR count). The van der Waals surface area contributed by atoms with Gasteiger partial charge in [-0.1, -0.05) is 18.2 Å². The first kappa shape index (κ1) is 14.7. The fourth-order valence-corrected chi connectivity index (χ4v) is 2.61. The van der Waals surface area contributed by atoms with Crippen molar-refractivity contribution in [3.63, 3.8) is 0 Å². The maximum absolute atomic E-state index is 12.4. The minimum absolute atomic E-state index is 0.146. The van der Waals surface area contributed by atoms with Crippen molar-refractivity contribution < 1.29 is 13.9 Å². The Bertz CT molecular complexity index is 849. The molecular formula is C18H17N3O3. The maximum atomic E-state index is 12.4. The molecule has 0 spiro atoms. The Morgan fingerprint density at radius 1 is 1.25 bits per heavy atom. The monoisotopic (exact) mass is 323 g/mol. The highest BCUT2D eigenvalue weighted by Gasteiger charge is 2.29.